The van der Waals surface area contributed by atoms with Crippen LogP contribution in [0, 0.1) is 5.92 Å². The molecule has 0 saturated carbocycles. The van der Waals surface area contributed by atoms with Crippen molar-refractivity contribution in [3.63, 3.8) is 0 Å². The lowest BCUT2D eigenvalue weighted by Crippen LogP contribution is -2.58. The summed E-state index contributed by atoms with van der Waals surface area (Å²) in [4.78, 5) is 25.6. The number of methoxy groups -OCH3 is 1. The van der Waals surface area contributed by atoms with Gasteiger partial charge in [-0.3, -0.25) is 15.0 Å². The molecule has 1 aliphatic rings. The zero-order valence-electron chi connectivity index (χ0n) is 18.0. The molecule has 0 bridgehead atoms. The van der Waals surface area contributed by atoms with Gasteiger partial charge in [-0.15, -0.1) is 11.8 Å². The lowest BCUT2D eigenvalue weighted by molar-refractivity contribution is -0.140. The van der Waals surface area contributed by atoms with E-state index in [0.717, 1.165) is 5.56 Å². The van der Waals surface area contributed by atoms with Crippen molar-refractivity contribution in [2.45, 2.75) is 57.7 Å². The zero-order chi connectivity index (χ0) is 21.8. The number of hydrogen-bond donors (Lipinski definition) is 2. The molecule has 1 amide bonds. The van der Waals surface area contributed by atoms with E-state index >= 15 is 0 Å². The minimum atomic E-state index is -1.04. The second-order valence-corrected chi connectivity index (χ2v) is 9.81. The number of amides is 1. The number of nitrogens with zero attached hydrogens (tertiary/aromatic N) is 1. The molecule has 2 rings (SSSR count). The number of carboxylic acids is 1. The highest BCUT2D eigenvalue weighted by molar-refractivity contribution is 8.00. The second-order valence-electron chi connectivity index (χ2n) is 8.52. The summed E-state index contributed by atoms with van der Waals surface area (Å²) in [6.45, 7) is 9.85. The van der Waals surface area contributed by atoms with Crippen LogP contribution >= 0.6 is 11.8 Å². The summed E-state index contributed by atoms with van der Waals surface area (Å²) < 4.78 is 10.9. The molecular formula is C21H32N2O5S. The summed E-state index contributed by atoms with van der Waals surface area (Å²) in [6, 6.07) is 6.52. The van der Waals surface area contributed by atoms with Gasteiger partial charge in [-0.2, -0.15) is 0 Å². The van der Waals surface area contributed by atoms with E-state index in [1.54, 1.807) is 12.0 Å². The summed E-state index contributed by atoms with van der Waals surface area (Å²) in [5.41, 5.74) is 0.127. The smallest absolute Gasteiger partial charge is 0.412 e. The summed E-state index contributed by atoms with van der Waals surface area (Å²) in [5, 5.41) is 13.1. The third kappa shape index (κ3) is 5.79. The number of aliphatic carboxylic acids is 1. The molecule has 1 aromatic rings. The monoisotopic (exact) mass is 424 g/mol. The lowest BCUT2D eigenvalue weighted by Gasteiger charge is -2.41. The number of thioether (sulfide) groups is 1. The van der Waals surface area contributed by atoms with Crippen LogP contribution in [0.15, 0.2) is 24.3 Å². The maximum absolute atomic E-state index is 13.0. The molecule has 1 aliphatic heterocycles. The molecule has 0 aliphatic carbocycles. The van der Waals surface area contributed by atoms with E-state index in [0.29, 0.717) is 24.5 Å². The van der Waals surface area contributed by atoms with Gasteiger partial charge in [0.2, 0.25) is 0 Å². The highest BCUT2D eigenvalue weighted by Crippen LogP contribution is 2.44. The molecular weight excluding hydrogens is 392 g/mol. The van der Waals surface area contributed by atoms with Crippen LogP contribution in [0.2, 0.25) is 0 Å². The van der Waals surface area contributed by atoms with Crippen molar-refractivity contribution < 1.29 is 24.2 Å². The first-order valence-electron chi connectivity index (χ1n) is 9.78. The molecule has 1 aromatic carbocycles. The quantitative estimate of drug-likeness (QED) is 0.687. The number of benzene rings is 1. The van der Waals surface area contributed by atoms with Gasteiger partial charge in [-0.1, -0.05) is 26.0 Å². The number of hydrogen-bond acceptors (Lipinski definition) is 6. The van der Waals surface area contributed by atoms with E-state index < -0.39 is 28.7 Å². The van der Waals surface area contributed by atoms with E-state index in [1.165, 1.54) is 11.8 Å². The van der Waals surface area contributed by atoms with Crippen LogP contribution in [-0.2, 0) is 14.5 Å². The van der Waals surface area contributed by atoms with Gasteiger partial charge >= 0.3 is 12.1 Å². The molecule has 2 N–H and O–H groups in total. The highest BCUT2D eigenvalue weighted by atomic mass is 32.2. The average molecular weight is 425 g/mol. The van der Waals surface area contributed by atoms with Gasteiger partial charge in [0.15, 0.2) is 4.99 Å². The fraction of sp³-hybridized carbons (Fsp3) is 0.619. The summed E-state index contributed by atoms with van der Waals surface area (Å²) in [6.07, 6.45) is -0.0322. The predicted molar refractivity (Wildman–Crippen MR) is 114 cm³/mol. The van der Waals surface area contributed by atoms with Gasteiger partial charge in [-0.25, -0.2) is 4.79 Å². The van der Waals surface area contributed by atoms with Crippen LogP contribution in [0.25, 0.3) is 0 Å². The van der Waals surface area contributed by atoms with Crippen LogP contribution in [0.3, 0.4) is 0 Å². The summed E-state index contributed by atoms with van der Waals surface area (Å²) >= 11 is 1.50. The Morgan fingerprint density at radius 3 is 2.38 bits per heavy atom. The number of ether oxygens (including phenoxy) is 2. The lowest BCUT2D eigenvalue weighted by atomic mass is 10.0. The number of carbonyl (C=O) groups is 2. The topological polar surface area (TPSA) is 88.1 Å². The highest BCUT2D eigenvalue weighted by Gasteiger charge is 2.49. The standard InChI is InChI=1S/C21H32N2O5S/c1-14(2)13-17(18(24)25)22-21(15-7-9-16(27-6)10-8-15)23(11-12-29-21)19(26)28-20(3,4)5/h7-10,14,17,22H,11-13H2,1-6H3,(H,24,25). The number of nitrogens with one attached hydrogen (secondary N) is 1. The molecule has 29 heavy (non-hydrogen) atoms. The van der Waals surface area contributed by atoms with Gasteiger partial charge in [-0.05, 0) is 45.2 Å². The zero-order valence-corrected chi connectivity index (χ0v) is 18.8. The first kappa shape index (κ1) is 23.3. The Balaban J connectivity index is 2.48. The van der Waals surface area contributed by atoms with Crippen molar-refractivity contribution in [3.05, 3.63) is 29.8 Å². The SMILES string of the molecule is COc1ccc(C2(NC(CC(C)C)C(=O)O)SCCN2C(=O)OC(C)(C)C)cc1. The third-order valence-electron chi connectivity index (χ3n) is 4.48. The van der Waals surface area contributed by atoms with Crippen molar-refractivity contribution in [1.82, 2.24) is 10.2 Å². The molecule has 1 saturated heterocycles. The third-order valence-corrected chi connectivity index (χ3v) is 5.85. The Hall–Kier alpha value is -1.93. The largest absolute Gasteiger partial charge is 0.497 e. The Morgan fingerprint density at radius 2 is 1.90 bits per heavy atom. The van der Waals surface area contributed by atoms with E-state index in [1.807, 2.05) is 58.9 Å². The van der Waals surface area contributed by atoms with Crippen molar-refractivity contribution in [3.8, 4) is 5.75 Å². The van der Waals surface area contributed by atoms with Gasteiger partial charge < -0.3 is 14.6 Å². The molecule has 0 spiro atoms. The van der Waals surface area contributed by atoms with E-state index in [2.05, 4.69) is 5.32 Å². The fourth-order valence-corrected chi connectivity index (χ4v) is 4.66. The van der Waals surface area contributed by atoms with Gasteiger partial charge in [0, 0.05) is 17.9 Å². The Labute approximate surface area is 177 Å². The Morgan fingerprint density at radius 1 is 1.28 bits per heavy atom. The van der Waals surface area contributed by atoms with Gasteiger partial charge in [0.25, 0.3) is 0 Å². The van der Waals surface area contributed by atoms with E-state index in [4.69, 9.17) is 9.47 Å². The number of carbonyl (C=O) groups excluding carboxylic acids is 1. The van der Waals surface area contributed by atoms with E-state index in [-0.39, 0.29) is 5.92 Å². The minimum absolute atomic E-state index is 0.179. The van der Waals surface area contributed by atoms with Crippen LogP contribution in [0.1, 0.15) is 46.6 Å². The normalized spacial score (nSPS) is 20.6. The van der Waals surface area contributed by atoms with Crippen LogP contribution in [-0.4, -0.2) is 53.1 Å². The maximum atomic E-state index is 13.0. The number of rotatable bonds is 7. The fourth-order valence-electron chi connectivity index (χ4n) is 3.24. The molecule has 1 fully saturated rings. The van der Waals surface area contributed by atoms with Gasteiger partial charge in [0.1, 0.15) is 17.4 Å². The molecule has 162 valence electrons. The summed E-state index contributed by atoms with van der Waals surface area (Å²) in [7, 11) is 1.59. The number of carboxylic acid groups (broad SMARTS) is 1. The predicted octanol–water partition coefficient (Wildman–Crippen LogP) is 3.88. The molecule has 8 heteroatoms. The molecule has 2 atom stereocenters. The van der Waals surface area contributed by atoms with Crippen LogP contribution in [0.5, 0.6) is 5.75 Å². The van der Waals surface area contributed by atoms with Crippen molar-refractivity contribution >= 4 is 23.8 Å². The van der Waals surface area contributed by atoms with Crippen molar-refractivity contribution in [1.29, 1.82) is 0 Å². The molecule has 0 radical (unpaired) electrons. The molecule has 1 heterocycles. The Bertz CT molecular complexity index is 717. The Kier molecular flexibility index (Phi) is 7.45. The van der Waals surface area contributed by atoms with Crippen molar-refractivity contribution in [2.24, 2.45) is 5.92 Å². The molecule has 7 nitrogen and oxygen atoms in total. The van der Waals surface area contributed by atoms with Crippen molar-refractivity contribution in [2.75, 3.05) is 19.4 Å². The van der Waals surface area contributed by atoms with Crippen LogP contribution < -0.4 is 10.1 Å². The van der Waals surface area contributed by atoms with Crippen LogP contribution in [0.4, 0.5) is 4.79 Å². The summed E-state index contributed by atoms with van der Waals surface area (Å²) in [5.74, 6) is 0.584. The van der Waals surface area contributed by atoms with E-state index in [9.17, 15) is 14.7 Å². The molecule has 0 aromatic heterocycles. The van der Waals surface area contributed by atoms with Gasteiger partial charge in [0.05, 0.1) is 7.11 Å². The average Bonchev–Trinajstić information content (AvgIpc) is 3.04. The second kappa shape index (κ2) is 9.26. The first-order valence-corrected chi connectivity index (χ1v) is 10.8. The minimum Gasteiger partial charge on any atom is -0.497 e. The molecule has 2 unspecified atom stereocenters. The first-order chi connectivity index (χ1) is 13.5. The maximum Gasteiger partial charge on any atom is 0.412 e.